The first-order chi connectivity index (χ1) is 11.1. The smallest absolute Gasteiger partial charge is 0.226 e. The first-order valence-corrected chi connectivity index (χ1v) is 9.18. The van der Waals surface area contributed by atoms with Gasteiger partial charge < -0.3 is 9.64 Å². The molecule has 1 saturated heterocycles. The number of halogens is 2. The highest BCUT2D eigenvalue weighted by Crippen LogP contribution is 2.36. The normalized spacial score (nSPS) is 22.7. The van der Waals surface area contributed by atoms with Crippen molar-refractivity contribution in [3.05, 3.63) is 27.7 Å². The molecule has 0 N–H and O–H groups in total. The number of likely N-dealkylation sites (tertiary alicyclic amines) is 1. The molecule has 0 radical (unpaired) electrons. The lowest BCUT2D eigenvalue weighted by Gasteiger charge is -2.31. The van der Waals surface area contributed by atoms with Crippen LogP contribution >= 0.6 is 23.2 Å². The van der Waals surface area contributed by atoms with Crippen LogP contribution in [0.3, 0.4) is 0 Å². The zero-order valence-corrected chi connectivity index (χ0v) is 15.0. The van der Waals surface area contributed by atoms with Crippen molar-refractivity contribution in [1.29, 1.82) is 0 Å². The van der Waals surface area contributed by atoms with Crippen LogP contribution in [0.5, 0.6) is 5.75 Å². The van der Waals surface area contributed by atoms with Gasteiger partial charge in [-0.2, -0.15) is 0 Å². The van der Waals surface area contributed by atoms with Gasteiger partial charge >= 0.3 is 0 Å². The molecule has 5 heteroatoms. The Balaban J connectivity index is 1.73. The Bertz CT molecular complexity index is 585. The number of hydrogen-bond acceptors (Lipinski definition) is 2. The number of hydrogen-bond donors (Lipinski definition) is 0. The lowest BCUT2D eigenvalue weighted by molar-refractivity contribution is -0.133. The Labute approximate surface area is 147 Å². The fourth-order valence-electron chi connectivity index (χ4n) is 3.91. The number of methoxy groups -OCH3 is 1. The maximum Gasteiger partial charge on any atom is 0.226 e. The second kappa shape index (κ2) is 7.31. The zero-order chi connectivity index (χ0) is 16.4. The minimum absolute atomic E-state index is 0.00417. The van der Waals surface area contributed by atoms with Crippen molar-refractivity contribution in [2.75, 3.05) is 13.7 Å². The molecular formula is C18H23Cl2NO2. The zero-order valence-electron chi connectivity index (χ0n) is 13.5. The summed E-state index contributed by atoms with van der Waals surface area (Å²) in [5.74, 6) is 0.959. The van der Waals surface area contributed by atoms with Gasteiger partial charge in [0.2, 0.25) is 5.91 Å². The van der Waals surface area contributed by atoms with Crippen LogP contribution in [-0.2, 0) is 11.2 Å². The Hall–Kier alpha value is -0.930. The van der Waals surface area contributed by atoms with Crippen LogP contribution < -0.4 is 4.74 Å². The lowest BCUT2D eigenvalue weighted by Crippen LogP contribution is -2.39. The van der Waals surface area contributed by atoms with E-state index in [2.05, 4.69) is 4.90 Å². The molecule has 0 aromatic heterocycles. The van der Waals surface area contributed by atoms with Gasteiger partial charge in [0, 0.05) is 34.1 Å². The van der Waals surface area contributed by atoms with Crippen LogP contribution in [0.15, 0.2) is 12.1 Å². The first kappa shape index (κ1) is 16.9. The van der Waals surface area contributed by atoms with E-state index in [1.165, 1.54) is 19.3 Å². The summed E-state index contributed by atoms with van der Waals surface area (Å²) in [6, 6.07) is 3.93. The number of benzene rings is 1. The largest absolute Gasteiger partial charge is 0.496 e. The van der Waals surface area contributed by atoms with Crippen molar-refractivity contribution < 1.29 is 9.53 Å². The van der Waals surface area contributed by atoms with E-state index in [1.54, 1.807) is 19.2 Å². The second-order valence-corrected chi connectivity index (χ2v) is 7.43. The number of amides is 1. The molecule has 2 fully saturated rings. The number of carbonyl (C=O) groups is 1. The maximum atomic E-state index is 12.8. The van der Waals surface area contributed by atoms with Crippen LogP contribution in [0.2, 0.25) is 10.0 Å². The summed E-state index contributed by atoms with van der Waals surface area (Å²) < 4.78 is 5.40. The molecule has 1 atom stereocenters. The molecule has 1 aromatic carbocycles. The monoisotopic (exact) mass is 355 g/mol. The van der Waals surface area contributed by atoms with E-state index in [4.69, 9.17) is 27.9 Å². The third-order valence-corrected chi connectivity index (χ3v) is 5.71. The highest BCUT2D eigenvalue weighted by molar-refractivity contribution is 6.35. The summed E-state index contributed by atoms with van der Waals surface area (Å²) in [6.07, 6.45) is 7.64. The highest BCUT2D eigenvalue weighted by Gasteiger charge is 2.36. The maximum absolute atomic E-state index is 12.8. The highest BCUT2D eigenvalue weighted by atomic mass is 35.5. The van der Waals surface area contributed by atoms with Crippen molar-refractivity contribution in [2.24, 2.45) is 5.92 Å². The molecule has 1 unspecified atom stereocenters. The van der Waals surface area contributed by atoms with E-state index >= 15 is 0 Å². The topological polar surface area (TPSA) is 29.5 Å². The lowest BCUT2D eigenvalue weighted by atomic mass is 9.94. The third-order valence-electron chi connectivity index (χ3n) is 5.16. The van der Waals surface area contributed by atoms with Gasteiger partial charge in [0.05, 0.1) is 7.11 Å². The molecule has 3 rings (SSSR count). The van der Waals surface area contributed by atoms with Gasteiger partial charge in [0.1, 0.15) is 5.75 Å². The Morgan fingerprint density at radius 2 is 1.91 bits per heavy atom. The SMILES string of the molecule is COc1cc(Cl)cc(Cl)c1CC1CCN(C2CCCCC2)C1=O. The number of carbonyl (C=O) groups excluding carboxylic acids is 1. The van der Waals surface area contributed by atoms with Gasteiger partial charge in [0.15, 0.2) is 0 Å². The molecule has 1 aliphatic heterocycles. The molecule has 1 aromatic rings. The third kappa shape index (κ3) is 3.61. The fourth-order valence-corrected chi connectivity index (χ4v) is 4.47. The van der Waals surface area contributed by atoms with E-state index in [1.807, 2.05) is 0 Å². The molecule has 126 valence electrons. The Morgan fingerprint density at radius 3 is 2.61 bits per heavy atom. The molecule has 1 amide bonds. The molecular weight excluding hydrogens is 333 g/mol. The van der Waals surface area contributed by atoms with Crippen molar-refractivity contribution in [3.63, 3.8) is 0 Å². The summed E-state index contributed by atoms with van der Waals surface area (Å²) in [5, 5.41) is 1.13. The number of nitrogens with zero attached hydrogens (tertiary/aromatic N) is 1. The quantitative estimate of drug-likeness (QED) is 0.781. The minimum Gasteiger partial charge on any atom is -0.496 e. The van der Waals surface area contributed by atoms with Gasteiger partial charge in [-0.05, 0) is 37.8 Å². The van der Waals surface area contributed by atoms with Crippen LogP contribution in [-0.4, -0.2) is 30.5 Å². The molecule has 2 aliphatic rings. The molecule has 1 heterocycles. The average molecular weight is 356 g/mol. The van der Waals surface area contributed by atoms with Crippen LogP contribution in [0.25, 0.3) is 0 Å². The summed E-state index contributed by atoms with van der Waals surface area (Å²) in [5.41, 5.74) is 0.891. The minimum atomic E-state index is 0.00417. The van der Waals surface area contributed by atoms with Crippen molar-refractivity contribution >= 4 is 29.1 Å². The van der Waals surface area contributed by atoms with E-state index in [-0.39, 0.29) is 11.8 Å². The number of rotatable bonds is 4. The van der Waals surface area contributed by atoms with Crippen LogP contribution in [0.4, 0.5) is 0 Å². The van der Waals surface area contributed by atoms with E-state index in [0.29, 0.717) is 28.3 Å². The van der Waals surface area contributed by atoms with Crippen molar-refractivity contribution in [3.8, 4) is 5.75 Å². The van der Waals surface area contributed by atoms with E-state index < -0.39 is 0 Å². The van der Waals surface area contributed by atoms with Gasteiger partial charge in [-0.1, -0.05) is 42.5 Å². The fraction of sp³-hybridized carbons (Fsp3) is 0.611. The molecule has 0 spiro atoms. The molecule has 3 nitrogen and oxygen atoms in total. The van der Waals surface area contributed by atoms with Crippen molar-refractivity contribution in [2.45, 2.75) is 51.0 Å². The Morgan fingerprint density at radius 1 is 1.17 bits per heavy atom. The molecule has 0 bridgehead atoms. The molecule has 23 heavy (non-hydrogen) atoms. The van der Waals surface area contributed by atoms with Gasteiger partial charge in [0.25, 0.3) is 0 Å². The van der Waals surface area contributed by atoms with Gasteiger partial charge in [-0.25, -0.2) is 0 Å². The average Bonchev–Trinajstić information content (AvgIpc) is 2.91. The first-order valence-electron chi connectivity index (χ1n) is 8.42. The summed E-state index contributed by atoms with van der Waals surface area (Å²) >= 11 is 12.4. The molecule has 1 aliphatic carbocycles. The number of ether oxygens (including phenoxy) is 1. The Kier molecular flexibility index (Phi) is 5.38. The second-order valence-electron chi connectivity index (χ2n) is 6.58. The predicted molar refractivity (Wildman–Crippen MR) is 93.4 cm³/mol. The predicted octanol–water partition coefficient (Wildman–Crippen LogP) is 4.73. The molecule has 1 saturated carbocycles. The van der Waals surface area contributed by atoms with Crippen LogP contribution in [0, 0.1) is 5.92 Å². The van der Waals surface area contributed by atoms with Gasteiger partial charge in [-0.3, -0.25) is 4.79 Å². The van der Waals surface area contributed by atoms with E-state index in [0.717, 1.165) is 31.4 Å². The summed E-state index contributed by atoms with van der Waals surface area (Å²) in [4.78, 5) is 14.9. The van der Waals surface area contributed by atoms with Crippen molar-refractivity contribution in [1.82, 2.24) is 4.90 Å². The summed E-state index contributed by atoms with van der Waals surface area (Å²) in [7, 11) is 1.61. The van der Waals surface area contributed by atoms with Gasteiger partial charge in [-0.15, -0.1) is 0 Å². The standard InChI is InChI=1S/C18H23Cl2NO2/c1-23-17-11-13(19)10-16(20)15(17)9-12-7-8-21(18(12)22)14-5-3-2-4-6-14/h10-12,14H,2-9H2,1H3. The van der Waals surface area contributed by atoms with E-state index in [9.17, 15) is 4.79 Å². The van der Waals surface area contributed by atoms with Crippen LogP contribution in [0.1, 0.15) is 44.1 Å². The summed E-state index contributed by atoms with van der Waals surface area (Å²) in [6.45, 7) is 0.877.